The van der Waals surface area contributed by atoms with E-state index in [1.165, 1.54) is 25.7 Å². The average Bonchev–Trinajstić information content (AvgIpc) is 3.09. The van der Waals surface area contributed by atoms with Gasteiger partial charge in [-0.3, -0.25) is 5.10 Å². The normalized spacial score (nSPS) is 16.1. The Bertz CT molecular complexity index is 529. The number of ether oxygens (including phenoxy) is 1. The molecule has 1 aromatic heterocycles. The van der Waals surface area contributed by atoms with Gasteiger partial charge in [-0.2, -0.15) is 5.10 Å². The molecule has 0 bridgehead atoms. The molecule has 94 valence electrons. The Kier molecular flexibility index (Phi) is 3.00. The lowest BCUT2D eigenvalue weighted by atomic mass is 10.1. The number of aromatic nitrogens is 3. The van der Waals surface area contributed by atoms with Crippen LogP contribution in [0.25, 0.3) is 11.4 Å². The van der Waals surface area contributed by atoms with Crippen molar-refractivity contribution in [2.45, 2.75) is 31.6 Å². The SMILES string of the molecule is COc1cccc(-c2n[nH]c(C3CCCC3)n2)c1. The topological polar surface area (TPSA) is 50.8 Å². The Balaban J connectivity index is 1.87. The van der Waals surface area contributed by atoms with E-state index < -0.39 is 0 Å². The van der Waals surface area contributed by atoms with Gasteiger partial charge in [-0.25, -0.2) is 4.98 Å². The van der Waals surface area contributed by atoms with Gasteiger partial charge in [0.2, 0.25) is 0 Å². The van der Waals surface area contributed by atoms with Gasteiger partial charge < -0.3 is 4.74 Å². The number of methoxy groups -OCH3 is 1. The maximum absolute atomic E-state index is 5.22. The van der Waals surface area contributed by atoms with Crippen LogP contribution in [0.5, 0.6) is 5.75 Å². The first-order chi connectivity index (χ1) is 8.86. The summed E-state index contributed by atoms with van der Waals surface area (Å²) in [5.41, 5.74) is 0.995. The van der Waals surface area contributed by atoms with Crippen LogP contribution in [0.15, 0.2) is 24.3 Å². The molecule has 1 N–H and O–H groups in total. The second-order valence-corrected chi connectivity index (χ2v) is 4.76. The summed E-state index contributed by atoms with van der Waals surface area (Å²) in [5, 5.41) is 7.40. The van der Waals surface area contributed by atoms with Gasteiger partial charge in [-0.15, -0.1) is 0 Å². The summed E-state index contributed by atoms with van der Waals surface area (Å²) >= 11 is 0. The monoisotopic (exact) mass is 243 g/mol. The summed E-state index contributed by atoms with van der Waals surface area (Å²) in [4.78, 5) is 4.62. The first kappa shape index (κ1) is 11.3. The molecule has 0 saturated heterocycles. The number of aromatic amines is 1. The molecule has 1 aromatic carbocycles. The molecule has 2 aromatic rings. The standard InChI is InChI=1S/C14H17N3O/c1-18-12-8-4-7-11(9-12)14-15-13(16-17-14)10-5-2-3-6-10/h4,7-10H,2-3,5-6H2,1H3,(H,15,16,17). The van der Waals surface area contributed by atoms with E-state index in [0.29, 0.717) is 5.92 Å². The molecule has 4 heteroatoms. The van der Waals surface area contributed by atoms with E-state index in [0.717, 1.165) is 23.0 Å². The third kappa shape index (κ3) is 2.10. The Morgan fingerprint density at radius 3 is 2.89 bits per heavy atom. The van der Waals surface area contributed by atoms with Gasteiger partial charge in [0.1, 0.15) is 11.6 Å². The predicted molar refractivity (Wildman–Crippen MR) is 69.6 cm³/mol. The number of nitrogens with zero attached hydrogens (tertiary/aromatic N) is 2. The average molecular weight is 243 g/mol. The van der Waals surface area contributed by atoms with Crippen LogP contribution in [0.1, 0.15) is 37.4 Å². The second-order valence-electron chi connectivity index (χ2n) is 4.76. The van der Waals surface area contributed by atoms with Crippen molar-refractivity contribution in [2.24, 2.45) is 0 Å². The highest BCUT2D eigenvalue weighted by Gasteiger charge is 2.20. The smallest absolute Gasteiger partial charge is 0.181 e. The molecular weight excluding hydrogens is 226 g/mol. The van der Waals surface area contributed by atoms with Gasteiger partial charge >= 0.3 is 0 Å². The maximum atomic E-state index is 5.22. The molecule has 0 unspecified atom stereocenters. The van der Waals surface area contributed by atoms with E-state index >= 15 is 0 Å². The third-order valence-electron chi connectivity index (χ3n) is 3.57. The first-order valence-electron chi connectivity index (χ1n) is 6.43. The summed E-state index contributed by atoms with van der Waals surface area (Å²) < 4.78 is 5.22. The van der Waals surface area contributed by atoms with E-state index in [2.05, 4.69) is 15.2 Å². The molecule has 0 aliphatic heterocycles. The second kappa shape index (κ2) is 4.80. The fourth-order valence-corrected chi connectivity index (χ4v) is 2.55. The number of benzene rings is 1. The summed E-state index contributed by atoms with van der Waals surface area (Å²) in [6.45, 7) is 0. The van der Waals surface area contributed by atoms with Gasteiger partial charge in [-0.1, -0.05) is 25.0 Å². The molecule has 1 heterocycles. The van der Waals surface area contributed by atoms with E-state index in [1.54, 1.807) is 7.11 Å². The highest BCUT2D eigenvalue weighted by molar-refractivity contribution is 5.57. The van der Waals surface area contributed by atoms with Gasteiger partial charge in [0, 0.05) is 11.5 Å². The van der Waals surface area contributed by atoms with E-state index in [-0.39, 0.29) is 0 Å². The zero-order chi connectivity index (χ0) is 12.4. The van der Waals surface area contributed by atoms with Crippen molar-refractivity contribution in [2.75, 3.05) is 7.11 Å². The highest BCUT2D eigenvalue weighted by Crippen LogP contribution is 2.32. The minimum absolute atomic E-state index is 0.567. The van der Waals surface area contributed by atoms with Gasteiger partial charge in [0.15, 0.2) is 5.82 Å². The molecule has 1 aliphatic carbocycles. The summed E-state index contributed by atoms with van der Waals surface area (Å²) in [6.07, 6.45) is 5.07. The summed E-state index contributed by atoms with van der Waals surface area (Å²) in [7, 11) is 1.67. The van der Waals surface area contributed by atoms with Crippen LogP contribution >= 0.6 is 0 Å². The maximum Gasteiger partial charge on any atom is 0.181 e. The number of H-pyrrole nitrogens is 1. The Morgan fingerprint density at radius 1 is 1.28 bits per heavy atom. The lowest BCUT2D eigenvalue weighted by Gasteiger charge is -2.02. The first-order valence-corrected chi connectivity index (χ1v) is 6.43. The highest BCUT2D eigenvalue weighted by atomic mass is 16.5. The number of rotatable bonds is 3. The van der Waals surface area contributed by atoms with Gasteiger partial charge in [0.05, 0.1) is 7.11 Å². The van der Waals surface area contributed by atoms with Crippen molar-refractivity contribution in [1.82, 2.24) is 15.2 Å². The largest absolute Gasteiger partial charge is 0.497 e. The lowest BCUT2D eigenvalue weighted by Crippen LogP contribution is -1.94. The molecule has 0 amide bonds. The van der Waals surface area contributed by atoms with Crippen LogP contribution in [0, 0.1) is 0 Å². The fourth-order valence-electron chi connectivity index (χ4n) is 2.55. The van der Waals surface area contributed by atoms with Crippen molar-refractivity contribution in [3.63, 3.8) is 0 Å². The summed E-state index contributed by atoms with van der Waals surface area (Å²) in [6, 6.07) is 7.85. The van der Waals surface area contributed by atoms with Crippen molar-refractivity contribution >= 4 is 0 Å². The molecular formula is C14H17N3O. The minimum Gasteiger partial charge on any atom is -0.497 e. The van der Waals surface area contributed by atoms with Crippen LogP contribution in [-0.2, 0) is 0 Å². The van der Waals surface area contributed by atoms with Crippen LogP contribution in [0.4, 0.5) is 0 Å². The lowest BCUT2D eigenvalue weighted by molar-refractivity contribution is 0.415. The molecule has 0 radical (unpaired) electrons. The molecule has 18 heavy (non-hydrogen) atoms. The van der Waals surface area contributed by atoms with Crippen LogP contribution in [0.2, 0.25) is 0 Å². The third-order valence-corrected chi connectivity index (χ3v) is 3.57. The Morgan fingerprint density at radius 2 is 2.11 bits per heavy atom. The predicted octanol–water partition coefficient (Wildman–Crippen LogP) is 3.14. The minimum atomic E-state index is 0.567. The molecule has 0 spiro atoms. The number of hydrogen-bond acceptors (Lipinski definition) is 3. The molecule has 3 rings (SSSR count). The van der Waals surface area contributed by atoms with Gasteiger partial charge in [-0.05, 0) is 25.0 Å². The van der Waals surface area contributed by atoms with Crippen molar-refractivity contribution in [3.05, 3.63) is 30.1 Å². The zero-order valence-corrected chi connectivity index (χ0v) is 10.5. The summed E-state index contributed by atoms with van der Waals surface area (Å²) in [5.74, 6) is 3.19. The number of hydrogen-bond donors (Lipinski definition) is 1. The Hall–Kier alpha value is -1.84. The Labute approximate surface area is 106 Å². The van der Waals surface area contributed by atoms with Crippen molar-refractivity contribution < 1.29 is 4.74 Å². The van der Waals surface area contributed by atoms with Crippen LogP contribution in [-0.4, -0.2) is 22.3 Å². The molecule has 4 nitrogen and oxygen atoms in total. The van der Waals surface area contributed by atoms with Gasteiger partial charge in [0.25, 0.3) is 0 Å². The molecule has 0 atom stereocenters. The van der Waals surface area contributed by atoms with E-state index in [4.69, 9.17) is 4.74 Å². The quantitative estimate of drug-likeness (QED) is 0.901. The van der Waals surface area contributed by atoms with E-state index in [9.17, 15) is 0 Å². The van der Waals surface area contributed by atoms with Crippen LogP contribution in [0.3, 0.4) is 0 Å². The molecule has 1 saturated carbocycles. The van der Waals surface area contributed by atoms with E-state index in [1.807, 2.05) is 24.3 Å². The molecule has 1 fully saturated rings. The fraction of sp³-hybridized carbons (Fsp3) is 0.429. The molecule has 1 aliphatic rings. The van der Waals surface area contributed by atoms with Crippen molar-refractivity contribution in [3.8, 4) is 17.1 Å². The zero-order valence-electron chi connectivity index (χ0n) is 10.5. The van der Waals surface area contributed by atoms with Crippen LogP contribution < -0.4 is 4.74 Å². The van der Waals surface area contributed by atoms with Crippen molar-refractivity contribution in [1.29, 1.82) is 0 Å². The number of nitrogens with one attached hydrogen (secondary N) is 1.